The van der Waals surface area contributed by atoms with Crippen molar-refractivity contribution < 1.29 is 33.6 Å². The number of phenolic OH excluding ortho intramolecular Hbond substituents is 1. The molecule has 0 heterocycles. The van der Waals surface area contributed by atoms with Crippen LogP contribution in [0.4, 0.5) is 22.7 Å². The molecular formula is C18H17ClN4O9. The molecule has 2 aromatic rings. The minimum atomic E-state index is -0.668. The van der Waals surface area contributed by atoms with Crippen LogP contribution in [0, 0.1) is 32.8 Å². The molecule has 1 amide bonds. The van der Waals surface area contributed by atoms with Crippen LogP contribution in [0.25, 0.3) is 0 Å². The third-order valence-corrected chi connectivity index (χ3v) is 3.08. The summed E-state index contributed by atoms with van der Waals surface area (Å²) >= 11 is 4.45. The van der Waals surface area contributed by atoms with Crippen LogP contribution in [0.3, 0.4) is 0 Å². The molecule has 14 heteroatoms. The van der Waals surface area contributed by atoms with Crippen molar-refractivity contribution in [1.29, 1.82) is 0 Å². The van der Waals surface area contributed by atoms with E-state index in [0.717, 1.165) is 12.1 Å². The van der Waals surface area contributed by atoms with E-state index in [4.69, 9.17) is 15.6 Å². The van der Waals surface area contributed by atoms with Crippen molar-refractivity contribution in [2.45, 2.75) is 13.8 Å². The van der Waals surface area contributed by atoms with E-state index in [1.165, 1.54) is 38.1 Å². The Morgan fingerprint density at radius 1 is 1.12 bits per heavy atom. The van der Waals surface area contributed by atoms with Gasteiger partial charge in [-0.1, -0.05) is 6.42 Å². The molecular weight excluding hydrogens is 452 g/mol. The van der Waals surface area contributed by atoms with Gasteiger partial charge in [0, 0.05) is 13.8 Å². The molecule has 0 aliphatic carbocycles. The molecule has 2 aromatic carbocycles. The number of carbonyl (C=O) groups excluding carboxylic acids is 2. The summed E-state index contributed by atoms with van der Waals surface area (Å²) in [5.74, 6) is -1.11. The summed E-state index contributed by atoms with van der Waals surface area (Å²) in [7, 11) is 0. The normalized spacial score (nSPS) is 8.81. The fraction of sp³-hybridized carbons (Fsp3) is 0.111. The predicted molar refractivity (Wildman–Crippen MR) is 114 cm³/mol. The van der Waals surface area contributed by atoms with Crippen molar-refractivity contribution in [1.82, 2.24) is 0 Å². The fourth-order valence-corrected chi connectivity index (χ4v) is 1.88. The largest absolute Gasteiger partial charge is 0.508 e. The summed E-state index contributed by atoms with van der Waals surface area (Å²) in [6.07, 6.45) is 6.12. The highest BCUT2D eigenvalue weighted by molar-refractivity contribution is 6.08. The zero-order chi connectivity index (χ0) is 24.8. The molecule has 0 unspecified atom stereocenters. The van der Waals surface area contributed by atoms with Crippen LogP contribution in [0.2, 0.25) is 0 Å². The lowest BCUT2D eigenvalue weighted by molar-refractivity contribution is -0.384. The maximum atomic E-state index is 10.8. The number of nitrogens with zero attached hydrogens (tertiary/aromatic N) is 2. The van der Waals surface area contributed by atoms with Gasteiger partial charge >= 0.3 is 5.97 Å². The number of phenols is 1. The van der Waals surface area contributed by atoms with Gasteiger partial charge in [-0.05, 0) is 24.3 Å². The van der Waals surface area contributed by atoms with Crippen molar-refractivity contribution in [3.8, 4) is 24.0 Å². The standard InChI is InChI=1S/C10H10N2O5.C6H6N2O3.C2HClO/c1-6(13)11-9-4-3-8(17-7(2)14)5-10(9)12(15)16;7-5-2-1-4(9)3-6(5)8(10)11;1-2-4-3/h3-5H,1-2H3,(H,11,13);1-3,9H,7H2;1H. The van der Waals surface area contributed by atoms with Gasteiger partial charge in [-0.25, -0.2) is 0 Å². The molecule has 0 aromatic heterocycles. The molecule has 13 nitrogen and oxygen atoms in total. The van der Waals surface area contributed by atoms with Gasteiger partial charge in [0.05, 0.1) is 22.0 Å². The molecule has 2 rings (SSSR count). The molecule has 0 fully saturated rings. The number of esters is 1. The highest BCUT2D eigenvalue weighted by atomic mass is 35.5. The van der Waals surface area contributed by atoms with Crippen molar-refractivity contribution in [3.05, 3.63) is 56.6 Å². The van der Waals surface area contributed by atoms with Crippen molar-refractivity contribution in [3.63, 3.8) is 0 Å². The molecule has 32 heavy (non-hydrogen) atoms. The molecule has 0 aliphatic heterocycles. The Hall–Kier alpha value is -4.57. The Kier molecular flexibility index (Phi) is 11.7. The number of nitrogens with two attached hydrogens (primary N) is 1. The zero-order valence-corrected chi connectivity index (χ0v) is 17.4. The Balaban J connectivity index is 0.000000547. The first-order valence-corrected chi connectivity index (χ1v) is 8.44. The van der Waals surface area contributed by atoms with Crippen LogP contribution in [-0.4, -0.2) is 26.8 Å². The van der Waals surface area contributed by atoms with Gasteiger partial charge in [0.15, 0.2) is 0 Å². The van der Waals surface area contributed by atoms with Gasteiger partial charge < -0.3 is 25.2 Å². The molecule has 0 radical (unpaired) electrons. The van der Waals surface area contributed by atoms with E-state index < -0.39 is 21.7 Å². The number of nitro groups is 2. The lowest BCUT2D eigenvalue weighted by atomic mass is 10.2. The van der Waals surface area contributed by atoms with Gasteiger partial charge in [-0.15, -0.1) is 0 Å². The Bertz CT molecular complexity index is 1040. The summed E-state index contributed by atoms with van der Waals surface area (Å²) in [4.78, 5) is 41.2. The number of hydrogen-bond acceptors (Lipinski definition) is 10. The number of rotatable bonds is 4. The number of nitro benzene ring substituents is 2. The number of aromatic hydroxyl groups is 1. The molecule has 0 saturated heterocycles. The summed E-state index contributed by atoms with van der Waals surface area (Å²) < 4.78 is 8.25. The second-order valence-electron chi connectivity index (χ2n) is 5.41. The molecule has 0 aliphatic rings. The van der Waals surface area contributed by atoms with Crippen LogP contribution in [0.15, 0.2) is 36.4 Å². The lowest BCUT2D eigenvalue weighted by Crippen LogP contribution is -2.08. The second kappa shape index (κ2) is 13.6. The third-order valence-electron chi connectivity index (χ3n) is 2.99. The number of nitrogen functional groups attached to an aromatic ring is 1. The zero-order valence-electron chi connectivity index (χ0n) is 16.6. The Morgan fingerprint density at radius 2 is 1.69 bits per heavy atom. The summed E-state index contributed by atoms with van der Waals surface area (Å²) in [6.45, 7) is 2.43. The van der Waals surface area contributed by atoms with Crippen LogP contribution >= 0.6 is 11.9 Å². The van der Waals surface area contributed by atoms with Gasteiger partial charge in [0.25, 0.3) is 11.4 Å². The van der Waals surface area contributed by atoms with Crippen LogP contribution < -0.4 is 15.8 Å². The van der Waals surface area contributed by atoms with Gasteiger partial charge in [-0.3, -0.25) is 29.8 Å². The first kappa shape index (κ1) is 27.4. The molecule has 0 bridgehead atoms. The van der Waals surface area contributed by atoms with E-state index in [1.807, 2.05) is 0 Å². The molecule has 0 atom stereocenters. The SMILES string of the molecule is C#COCl.CC(=O)Nc1ccc(OC(C)=O)cc1[N+](=O)[O-].Nc1ccc(O)cc1[N+](=O)[O-]. The summed E-state index contributed by atoms with van der Waals surface area (Å²) in [5, 5.41) is 32.1. The second-order valence-corrected chi connectivity index (χ2v) is 5.56. The lowest BCUT2D eigenvalue weighted by Gasteiger charge is -2.05. The molecule has 170 valence electrons. The number of benzene rings is 2. The number of nitrogens with one attached hydrogen (secondary N) is 1. The topological polar surface area (TPSA) is 197 Å². The fourth-order valence-electron chi connectivity index (χ4n) is 1.88. The van der Waals surface area contributed by atoms with E-state index in [2.05, 4.69) is 27.9 Å². The van der Waals surface area contributed by atoms with Crippen LogP contribution in [0.1, 0.15) is 13.8 Å². The number of carbonyl (C=O) groups is 2. The summed E-state index contributed by atoms with van der Waals surface area (Å²) in [6, 6.07) is 7.33. The molecule has 0 saturated carbocycles. The first-order valence-electron chi connectivity index (χ1n) is 8.13. The van der Waals surface area contributed by atoms with Crippen molar-refractivity contribution in [2.75, 3.05) is 11.1 Å². The van der Waals surface area contributed by atoms with Crippen molar-refractivity contribution in [2.24, 2.45) is 0 Å². The van der Waals surface area contributed by atoms with E-state index in [0.29, 0.717) is 0 Å². The average molecular weight is 469 g/mol. The predicted octanol–water partition coefficient (Wildman–Crippen LogP) is 3.11. The third kappa shape index (κ3) is 10.3. The smallest absolute Gasteiger partial charge is 0.308 e. The molecule has 0 spiro atoms. The van der Waals surface area contributed by atoms with E-state index in [-0.39, 0.29) is 34.2 Å². The maximum absolute atomic E-state index is 10.8. The highest BCUT2D eigenvalue weighted by Gasteiger charge is 2.16. The Labute approximate surface area is 186 Å². The number of amides is 1. The number of hydrogen-bond donors (Lipinski definition) is 3. The van der Waals surface area contributed by atoms with Crippen LogP contribution in [-0.2, 0) is 13.9 Å². The van der Waals surface area contributed by atoms with E-state index >= 15 is 0 Å². The highest BCUT2D eigenvalue weighted by Crippen LogP contribution is 2.29. The minimum absolute atomic E-state index is 0.0489. The van der Waals surface area contributed by atoms with E-state index in [9.17, 15) is 29.8 Å². The van der Waals surface area contributed by atoms with Gasteiger partial charge in [-0.2, -0.15) is 0 Å². The number of terminal acetylenes is 1. The first-order chi connectivity index (χ1) is 14.9. The van der Waals surface area contributed by atoms with Gasteiger partial charge in [0.2, 0.25) is 5.91 Å². The maximum Gasteiger partial charge on any atom is 0.308 e. The monoisotopic (exact) mass is 468 g/mol. The number of halogens is 1. The Morgan fingerprint density at radius 3 is 2.09 bits per heavy atom. The van der Waals surface area contributed by atoms with E-state index in [1.54, 1.807) is 6.11 Å². The van der Waals surface area contributed by atoms with Gasteiger partial charge in [0.1, 0.15) is 40.8 Å². The van der Waals surface area contributed by atoms with Crippen LogP contribution in [0.5, 0.6) is 11.5 Å². The summed E-state index contributed by atoms with van der Waals surface area (Å²) in [5.41, 5.74) is 4.73. The van der Waals surface area contributed by atoms with Crippen molar-refractivity contribution >= 4 is 46.5 Å². The minimum Gasteiger partial charge on any atom is -0.508 e. The number of anilines is 2. The quantitative estimate of drug-likeness (QED) is 0.114. The molecule has 4 N–H and O–H groups in total. The number of ether oxygens (including phenoxy) is 1. The average Bonchev–Trinajstić information content (AvgIpc) is 2.70.